The first-order valence-corrected chi connectivity index (χ1v) is 7.10. The van der Waals surface area contributed by atoms with Crippen LogP contribution in [0.5, 0.6) is 0 Å². The first-order chi connectivity index (χ1) is 8.89. The van der Waals surface area contributed by atoms with Crippen molar-refractivity contribution in [3.8, 4) is 0 Å². The van der Waals surface area contributed by atoms with Gasteiger partial charge >= 0.3 is 0 Å². The van der Waals surface area contributed by atoms with Crippen LogP contribution in [0.4, 0.5) is 5.82 Å². The molecule has 1 saturated heterocycles. The van der Waals surface area contributed by atoms with Crippen LogP contribution in [0.25, 0.3) is 0 Å². The van der Waals surface area contributed by atoms with E-state index >= 15 is 0 Å². The highest BCUT2D eigenvalue weighted by Gasteiger charge is 2.27. The maximum absolute atomic E-state index is 6.04. The van der Waals surface area contributed by atoms with E-state index in [0.717, 1.165) is 37.6 Å². The smallest absolute Gasteiger partial charge is 0.133 e. The normalized spacial score (nSPS) is 19.5. The topological polar surface area (TPSA) is 45.4 Å². The Morgan fingerprint density at radius 1 is 1.21 bits per heavy atom. The molecule has 0 unspecified atom stereocenters. The second-order valence-electron chi connectivity index (χ2n) is 6.35. The van der Waals surface area contributed by atoms with Crippen molar-refractivity contribution in [1.29, 1.82) is 0 Å². The fraction of sp³-hybridized carbons (Fsp3) is 0.667. The Hall–Kier alpha value is -1.13. The van der Waals surface area contributed by atoms with E-state index in [9.17, 15) is 0 Å². The van der Waals surface area contributed by atoms with Gasteiger partial charge in [-0.15, -0.1) is 0 Å². The van der Waals surface area contributed by atoms with Crippen LogP contribution in [0.2, 0.25) is 0 Å². The minimum absolute atomic E-state index is 0.0318. The van der Waals surface area contributed by atoms with E-state index in [1.165, 1.54) is 0 Å². The molecule has 1 fully saturated rings. The molecular weight excluding hydrogens is 236 g/mol. The van der Waals surface area contributed by atoms with Crippen molar-refractivity contribution in [3.63, 3.8) is 0 Å². The molecule has 0 radical (unpaired) electrons. The van der Waals surface area contributed by atoms with Crippen molar-refractivity contribution in [1.82, 2.24) is 9.88 Å². The summed E-state index contributed by atoms with van der Waals surface area (Å²) < 4.78 is 0. The second-order valence-corrected chi connectivity index (χ2v) is 6.35. The second kappa shape index (κ2) is 5.47. The lowest BCUT2D eigenvalue weighted by Crippen LogP contribution is -2.53. The van der Waals surface area contributed by atoms with Crippen molar-refractivity contribution in [2.24, 2.45) is 5.73 Å². The molecule has 0 spiro atoms. The van der Waals surface area contributed by atoms with Crippen molar-refractivity contribution in [2.45, 2.75) is 39.3 Å². The zero-order valence-electron chi connectivity index (χ0n) is 12.6. The predicted molar refractivity (Wildman–Crippen MR) is 80.4 cm³/mol. The summed E-state index contributed by atoms with van der Waals surface area (Å²) in [6.45, 7) is 13.1. The van der Waals surface area contributed by atoms with E-state index in [1.807, 2.05) is 19.2 Å². The lowest BCUT2D eigenvalue weighted by atomic mass is 10.0. The Bertz CT molecular complexity index is 414. The van der Waals surface area contributed by atoms with Crippen LogP contribution in [-0.2, 0) is 0 Å². The van der Waals surface area contributed by atoms with Crippen LogP contribution >= 0.6 is 0 Å². The Morgan fingerprint density at radius 3 is 2.37 bits per heavy atom. The lowest BCUT2D eigenvalue weighted by molar-refractivity contribution is 0.128. The standard InChI is InChI=1S/C15H26N4/c1-12(16)13-6-5-7-17-14(13)18-8-10-19(11-9-18)15(2,3)4/h5-7,12H,8-11,16H2,1-4H3/t12-/m1/s1. The van der Waals surface area contributed by atoms with Gasteiger partial charge in [0.1, 0.15) is 5.82 Å². The van der Waals surface area contributed by atoms with Gasteiger partial charge < -0.3 is 10.6 Å². The molecule has 0 aromatic carbocycles. The average molecular weight is 262 g/mol. The minimum Gasteiger partial charge on any atom is -0.354 e. The molecule has 1 aliphatic heterocycles. The molecule has 0 bridgehead atoms. The number of hydrogen-bond donors (Lipinski definition) is 1. The molecule has 1 aromatic rings. The highest BCUT2D eigenvalue weighted by atomic mass is 15.3. The quantitative estimate of drug-likeness (QED) is 0.885. The summed E-state index contributed by atoms with van der Waals surface area (Å²) in [4.78, 5) is 9.43. The monoisotopic (exact) mass is 262 g/mol. The van der Waals surface area contributed by atoms with Crippen LogP contribution in [0.3, 0.4) is 0 Å². The number of piperazine rings is 1. The van der Waals surface area contributed by atoms with E-state index < -0.39 is 0 Å². The third kappa shape index (κ3) is 3.25. The number of anilines is 1. The van der Waals surface area contributed by atoms with Crippen molar-refractivity contribution >= 4 is 5.82 Å². The Labute approximate surface area is 116 Å². The molecule has 19 heavy (non-hydrogen) atoms. The fourth-order valence-corrected chi connectivity index (χ4v) is 2.62. The third-order valence-corrected chi connectivity index (χ3v) is 3.84. The van der Waals surface area contributed by atoms with E-state index in [4.69, 9.17) is 5.73 Å². The molecule has 106 valence electrons. The largest absolute Gasteiger partial charge is 0.354 e. The summed E-state index contributed by atoms with van der Waals surface area (Å²) in [5.74, 6) is 1.06. The zero-order valence-corrected chi connectivity index (χ0v) is 12.6. The number of rotatable bonds is 2. The van der Waals surface area contributed by atoms with E-state index in [2.05, 4.69) is 41.6 Å². The molecule has 1 aromatic heterocycles. The van der Waals surface area contributed by atoms with Gasteiger partial charge in [0.2, 0.25) is 0 Å². The maximum Gasteiger partial charge on any atom is 0.133 e. The molecule has 2 rings (SSSR count). The number of hydrogen-bond acceptors (Lipinski definition) is 4. The number of aromatic nitrogens is 1. The van der Waals surface area contributed by atoms with Gasteiger partial charge in [0.25, 0.3) is 0 Å². The van der Waals surface area contributed by atoms with Gasteiger partial charge in [-0.1, -0.05) is 6.07 Å². The van der Waals surface area contributed by atoms with Gasteiger partial charge in [0, 0.05) is 49.5 Å². The summed E-state index contributed by atoms with van der Waals surface area (Å²) in [6.07, 6.45) is 1.86. The number of pyridine rings is 1. The molecule has 4 heteroatoms. The Balaban J connectivity index is 2.10. The van der Waals surface area contributed by atoms with Crippen LogP contribution in [0, 0.1) is 0 Å². The summed E-state index contributed by atoms with van der Waals surface area (Å²) in [7, 11) is 0. The molecule has 2 N–H and O–H groups in total. The van der Waals surface area contributed by atoms with E-state index in [1.54, 1.807) is 0 Å². The van der Waals surface area contributed by atoms with Gasteiger partial charge in [0.15, 0.2) is 0 Å². The van der Waals surface area contributed by atoms with Gasteiger partial charge in [0.05, 0.1) is 0 Å². The molecule has 0 aliphatic carbocycles. The highest BCUT2D eigenvalue weighted by Crippen LogP contribution is 2.25. The maximum atomic E-state index is 6.04. The average Bonchev–Trinajstić information content (AvgIpc) is 2.38. The molecule has 1 aliphatic rings. The number of nitrogens with two attached hydrogens (primary N) is 1. The van der Waals surface area contributed by atoms with Crippen molar-refractivity contribution in [2.75, 3.05) is 31.1 Å². The molecule has 2 heterocycles. The molecule has 1 atom stereocenters. The highest BCUT2D eigenvalue weighted by molar-refractivity contribution is 5.48. The number of nitrogens with zero attached hydrogens (tertiary/aromatic N) is 3. The SMILES string of the molecule is C[C@@H](N)c1cccnc1N1CCN(C(C)(C)C)CC1. The molecule has 0 saturated carbocycles. The third-order valence-electron chi connectivity index (χ3n) is 3.84. The van der Waals surface area contributed by atoms with Gasteiger partial charge in [-0.05, 0) is 33.8 Å². The van der Waals surface area contributed by atoms with Crippen molar-refractivity contribution < 1.29 is 0 Å². The Morgan fingerprint density at radius 2 is 1.84 bits per heavy atom. The zero-order chi connectivity index (χ0) is 14.0. The van der Waals surface area contributed by atoms with E-state index in [-0.39, 0.29) is 11.6 Å². The molecule has 0 amide bonds. The fourth-order valence-electron chi connectivity index (χ4n) is 2.62. The lowest BCUT2D eigenvalue weighted by Gasteiger charge is -2.43. The molecule has 4 nitrogen and oxygen atoms in total. The van der Waals surface area contributed by atoms with Crippen LogP contribution in [-0.4, -0.2) is 41.6 Å². The van der Waals surface area contributed by atoms with Gasteiger partial charge in [-0.3, -0.25) is 4.90 Å². The summed E-state index contributed by atoms with van der Waals surface area (Å²) in [5, 5.41) is 0. The summed E-state index contributed by atoms with van der Waals surface area (Å²) in [6, 6.07) is 4.08. The van der Waals surface area contributed by atoms with Gasteiger partial charge in [-0.25, -0.2) is 4.98 Å². The van der Waals surface area contributed by atoms with Gasteiger partial charge in [-0.2, -0.15) is 0 Å². The summed E-state index contributed by atoms with van der Waals surface area (Å²) in [5.41, 5.74) is 7.44. The van der Waals surface area contributed by atoms with Crippen molar-refractivity contribution in [3.05, 3.63) is 23.9 Å². The minimum atomic E-state index is 0.0318. The van der Waals surface area contributed by atoms with Crippen LogP contribution in [0.15, 0.2) is 18.3 Å². The Kier molecular flexibility index (Phi) is 4.11. The van der Waals surface area contributed by atoms with E-state index in [0.29, 0.717) is 0 Å². The first-order valence-electron chi connectivity index (χ1n) is 7.10. The summed E-state index contributed by atoms with van der Waals surface area (Å²) >= 11 is 0. The first kappa shape index (κ1) is 14.3. The van der Waals surface area contributed by atoms with Crippen LogP contribution in [0.1, 0.15) is 39.3 Å². The predicted octanol–water partition coefficient (Wildman–Crippen LogP) is 2.02. The van der Waals surface area contributed by atoms with Crippen LogP contribution < -0.4 is 10.6 Å². The molecular formula is C15H26N4.